The number of anilines is 2. The van der Waals surface area contributed by atoms with Gasteiger partial charge in [0.15, 0.2) is 0 Å². The van der Waals surface area contributed by atoms with Crippen molar-refractivity contribution in [3.8, 4) is 0 Å². The first kappa shape index (κ1) is 13.9. The van der Waals surface area contributed by atoms with Crippen LogP contribution in [0.2, 0.25) is 0 Å². The van der Waals surface area contributed by atoms with Gasteiger partial charge in [0.2, 0.25) is 5.95 Å². The van der Waals surface area contributed by atoms with Gasteiger partial charge >= 0.3 is 0 Å². The Morgan fingerprint density at radius 1 is 1.44 bits per heavy atom. The van der Waals surface area contributed by atoms with Crippen LogP contribution in [-0.2, 0) is 0 Å². The molecule has 4 nitrogen and oxygen atoms in total. The molecule has 1 aromatic heterocycles. The lowest BCUT2D eigenvalue weighted by Crippen LogP contribution is -2.21. The molecule has 18 heavy (non-hydrogen) atoms. The molecule has 2 N–H and O–H groups in total. The molecule has 1 unspecified atom stereocenters. The Hall–Kier alpha value is -0.490. The Morgan fingerprint density at radius 2 is 2.33 bits per heavy atom. The second-order valence-electron chi connectivity index (χ2n) is 4.29. The van der Waals surface area contributed by atoms with E-state index < -0.39 is 0 Å². The molecule has 0 saturated carbocycles. The highest BCUT2D eigenvalue weighted by Gasteiger charge is 2.14. The van der Waals surface area contributed by atoms with Gasteiger partial charge in [-0.05, 0) is 41.4 Å². The molecule has 2 rings (SSSR count). The molecule has 2 heterocycles. The Balaban J connectivity index is 1.92. The van der Waals surface area contributed by atoms with Crippen LogP contribution in [0, 0.1) is 0 Å². The summed E-state index contributed by atoms with van der Waals surface area (Å²) in [5, 5.41) is 7.26. The van der Waals surface area contributed by atoms with Crippen molar-refractivity contribution in [2.24, 2.45) is 0 Å². The fourth-order valence-electron chi connectivity index (χ4n) is 1.91. The summed E-state index contributed by atoms with van der Waals surface area (Å²) in [7, 11) is 0. The van der Waals surface area contributed by atoms with Gasteiger partial charge in [-0.15, -0.1) is 0 Å². The van der Waals surface area contributed by atoms with Crippen LogP contribution in [0.25, 0.3) is 0 Å². The highest BCUT2D eigenvalue weighted by atomic mass is 79.9. The molecule has 1 saturated heterocycles. The van der Waals surface area contributed by atoms with E-state index in [-0.39, 0.29) is 0 Å². The molecule has 0 bridgehead atoms. The number of nitrogens with zero attached hydrogens (tertiary/aromatic N) is 2. The third-order valence-corrected chi connectivity index (χ3v) is 4.83. The van der Waals surface area contributed by atoms with Gasteiger partial charge in [-0.2, -0.15) is 16.7 Å². The third-order valence-electron chi connectivity index (χ3n) is 2.85. The number of nitrogens with one attached hydrogen (secondary N) is 2. The minimum absolute atomic E-state index is 0.680. The highest BCUT2D eigenvalue weighted by Crippen LogP contribution is 2.26. The van der Waals surface area contributed by atoms with Crippen LogP contribution in [0.15, 0.2) is 10.7 Å². The summed E-state index contributed by atoms with van der Waals surface area (Å²) in [6, 6.07) is 0. The second-order valence-corrected chi connectivity index (χ2v) is 6.55. The third kappa shape index (κ3) is 4.02. The lowest BCUT2D eigenvalue weighted by molar-refractivity contribution is 0.677. The summed E-state index contributed by atoms with van der Waals surface area (Å²) < 4.78 is 0.921. The first-order valence-electron chi connectivity index (χ1n) is 6.41. The molecule has 0 amide bonds. The molecule has 1 aromatic rings. The summed E-state index contributed by atoms with van der Waals surface area (Å²) in [6.07, 6.45) is 5.82. The molecule has 0 spiro atoms. The topological polar surface area (TPSA) is 49.8 Å². The van der Waals surface area contributed by atoms with Crippen molar-refractivity contribution in [1.29, 1.82) is 0 Å². The predicted octanol–water partition coefficient (Wildman–Crippen LogP) is 3.37. The first-order valence-corrected chi connectivity index (χ1v) is 8.25. The normalized spacial score (nSPS) is 19.6. The summed E-state index contributed by atoms with van der Waals surface area (Å²) in [5.74, 6) is 2.85. The molecule has 1 atom stereocenters. The van der Waals surface area contributed by atoms with Crippen molar-refractivity contribution in [3.05, 3.63) is 10.7 Å². The first-order chi connectivity index (χ1) is 8.79. The van der Waals surface area contributed by atoms with Crippen LogP contribution >= 0.6 is 27.7 Å². The molecule has 0 radical (unpaired) electrons. The van der Waals surface area contributed by atoms with Gasteiger partial charge in [-0.1, -0.05) is 6.42 Å². The molecule has 0 aromatic carbocycles. The zero-order valence-electron chi connectivity index (χ0n) is 10.6. The number of hydrogen-bond donors (Lipinski definition) is 2. The van der Waals surface area contributed by atoms with E-state index in [0.717, 1.165) is 23.4 Å². The van der Waals surface area contributed by atoms with E-state index in [4.69, 9.17) is 0 Å². The fraction of sp³-hybridized carbons (Fsp3) is 0.667. The smallest absolute Gasteiger partial charge is 0.224 e. The zero-order chi connectivity index (χ0) is 12.8. The van der Waals surface area contributed by atoms with Crippen molar-refractivity contribution < 1.29 is 0 Å². The number of thioether (sulfide) groups is 1. The number of rotatable bonds is 5. The van der Waals surface area contributed by atoms with E-state index in [9.17, 15) is 0 Å². The Kier molecular flexibility index (Phi) is 5.56. The minimum atomic E-state index is 0.680. The maximum absolute atomic E-state index is 4.46. The van der Waals surface area contributed by atoms with Crippen LogP contribution in [-0.4, -0.2) is 34.1 Å². The molecule has 6 heteroatoms. The van der Waals surface area contributed by atoms with Gasteiger partial charge < -0.3 is 10.6 Å². The van der Waals surface area contributed by atoms with Gasteiger partial charge in [0.05, 0.1) is 4.47 Å². The van der Waals surface area contributed by atoms with E-state index in [0.29, 0.717) is 11.2 Å². The molecule has 1 aliphatic heterocycles. The van der Waals surface area contributed by atoms with Crippen molar-refractivity contribution >= 4 is 39.5 Å². The number of halogens is 1. The quantitative estimate of drug-likeness (QED) is 0.866. The maximum atomic E-state index is 4.46. The fourth-order valence-corrected chi connectivity index (χ4v) is 3.48. The largest absolute Gasteiger partial charge is 0.368 e. The van der Waals surface area contributed by atoms with Gasteiger partial charge in [0.1, 0.15) is 5.82 Å². The maximum Gasteiger partial charge on any atom is 0.224 e. The lowest BCUT2D eigenvalue weighted by atomic mass is 10.2. The van der Waals surface area contributed by atoms with Crippen molar-refractivity contribution in [2.45, 2.75) is 31.4 Å². The Morgan fingerprint density at radius 3 is 3.06 bits per heavy atom. The average molecular weight is 331 g/mol. The Labute approximate surface area is 121 Å². The molecular weight excluding hydrogens is 312 g/mol. The average Bonchev–Trinajstić information content (AvgIpc) is 2.41. The SMILES string of the molecule is CCNc1ncc(Br)c(NCC2CCCCS2)n1. The van der Waals surface area contributed by atoms with Gasteiger partial charge in [0.25, 0.3) is 0 Å². The summed E-state index contributed by atoms with van der Waals surface area (Å²) in [4.78, 5) is 8.67. The van der Waals surface area contributed by atoms with Crippen LogP contribution in [0.1, 0.15) is 26.2 Å². The zero-order valence-corrected chi connectivity index (χ0v) is 13.0. The molecule has 100 valence electrons. The Bertz CT molecular complexity index is 382. The standard InChI is InChI=1S/C12H19BrN4S/c1-2-14-12-16-8-10(13)11(17-12)15-7-9-5-3-4-6-18-9/h8-9H,2-7H2,1H3,(H2,14,15,16,17). The number of hydrogen-bond acceptors (Lipinski definition) is 5. The van der Waals surface area contributed by atoms with Gasteiger partial charge in [-0.3, -0.25) is 0 Å². The molecule has 1 fully saturated rings. The van der Waals surface area contributed by atoms with E-state index in [1.165, 1.54) is 25.0 Å². The van der Waals surface area contributed by atoms with E-state index in [1.54, 1.807) is 6.20 Å². The van der Waals surface area contributed by atoms with E-state index in [2.05, 4.69) is 48.3 Å². The van der Waals surface area contributed by atoms with E-state index >= 15 is 0 Å². The minimum Gasteiger partial charge on any atom is -0.368 e. The number of aromatic nitrogens is 2. The summed E-state index contributed by atoms with van der Waals surface area (Å²) >= 11 is 5.55. The van der Waals surface area contributed by atoms with Crippen LogP contribution in [0.5, 0.6) is 0 Å². The summed E-state index contributed by atoms with van der Waals surface area (Å²) in [6.45, 7) is 3.85. The predicted molar refractivity (Wildman–Crippen MR) is 82.5 cm³/mol. The van der Waals surface area contributed by atoms with Gasteiger partial charge in [-0.25, -0.2) is 4.98 Å². The monoisotopic (exact) mass is 330 g/mol. The molecule has 1 aliphatic rings. The van der Waals surface area contributed by atoms with Crippen molar-refractivity contribution in [3.63, 3.8) is 0 Å². The molecular formula is C12H19BrN4S. The molecule has 0 aliphatic carbocycles. The second kappa shape index (κ2) is 7.19. The van der Waals surface area contributed by atoms with E-state index in [1.807, 2.05) is 6.92 Å². The lowest BCUT2D eigenvalue weighted by Gasteiger charge is -2.22. The van der Waals surface area contributed by atoms with Crippen LogP contribution in [0.3, 0.4) is 0 Å². The summed E-state index contributed by atoms with van der Waals surface area (Å²) in [5.41, 5.74) is 0. The van der Waals surface area contributed by atoms with Crippen molar-refractivity contribution in [2.75, 3.05) is 29.5 Å². The van der Waals surface area contributed by atoms with Gasteiger partial charge in [0, 0.05) is 24.5 Å². The van der Waals surface area contributed by atoms with Crippen LogP contribution < -0.4 is 10.6 Å². The highest BCUT2D eigenvalue weighted by molar-refractivity contribution is 9.10. The van der Waals surface area contributed by atoms with Crippen LogP contribution in [0.4, 0.5) is 11.8 Å². The van der Waals surface area contributed by atoms with Crippen molar-refractivity contribution in [1.82, 2.24) is 9.97 Å².